The first-order valence-corrected chi connectivity index (χ1v) is 10.1. The maximum Gasteiger partial charge on any atom is 0.315 e. The number of hydrogen-bond donors (Lipinski definition) is 2. The Labute approximate surface area is 158 Å². The summed E-state index contributed by atoms with van der Waals surface area (Å²) in [5.74, 6) is 0. The number of nitrogens with zero attached hydrogens (tertiary/aromatic N) is 1. The summed E-state index contributed by atoms with van der Waals surface area (Å²) in [6.07, 6.45) is 3.83. The maximum absolute atomic E-state index is 12.6. The first-order chi connectivity index (χ1) is 12.7. The molecule has 0 saturated carbocycles. The van der Waals surface area contributed by atoms with Crippen molar-refractivity contribution in [3.05, 3.63) is 51.5 Å². The summed E-state index contributed by atoms with van der Waals surface area (Å²) in [7, 11) is 0. The minimum absolute atomic E-state index is 0.0627. The van der Waals surface area contributed by atoms with Crippen LogP contribution in [0.4, 0.5) is 4.79 Å². The van der Waals surface area contributed by atoms with Gasteiger partial charge in [-0.15, -0.1) is 11.3 Å². The molecule has 2 aromatic rings. The summed E-state index contributed by atoms with van der Waals surface area (Å²) in [5.41, 5.74) is 5.63. The zero-order valence-electron chi connectivity index (χ0n) is 15.1. The highest BCUT2D eigenvalue weighted by atomic mass is 32.1. The first-order valence-electron chi connectivity index (χ1n) is 9.27. The van der Waals surface area contributed by atoms with Crippen LogP contribution in [0.3, 0.4) is 0 Å². The molecule has 26 heavy (non-hydrogen) atoms. The third kappa shape index (κ3) is 3.35. The molecule has 1 aromatic carbocycles. The van der Waals surface area contributed by atoms with E-state index in [-0.39, 0.29) is 17.5 Å². The van der Waals surface area contributed by atoms with Gasteiger partial charge in [0.1, 0.15) is 0 Å². The summed E-state index contributed by atoms with van der Waals surface area (Å²) in [5, 5.41) is 6.30. The van der Waals surface area contributed by atoms with Crippen LogP contribution in [0.25, 0.3) is 0 Å². The zero-order valence-corrected chi connectivity index (χ0v) is 15.9. The molecule has 1 aliphatic carbocycles. The number of carbonyl (C=O) groups is 1. The Balaban J connectivity index is 1.42. The molecular formula is C20H25N3O2S. The van der Waals surface area contributed by atoms with E-state index < -0.39 is 0 Å². The predicted octanol–water partition coefficient (Wildman–Crippen LogP) is 3.39. The Kier molecular flexibility index (Phi) is 4.96. The lowest BCUT2D eigenvalue weighted by Gasteiger charge is -2.39. The Morgan fingerprint density at radius 1 is 1.35 bits per heavy atom. The zero-order chi connectivity index (χ0) is 18.0. The third-order valence-electron chi connectivity index (χ3n) is 5.77. The van der Waals surface area contributed by atoms with E-state index in [9.17, 15) is 4.79 Å². The number of fused-ring (bicyclic) bond motifs is 1. The number of thiazole rings is 1. The minimum atomic E-state index is -0.0836. The van der Waals surface area contributed by atoms with Gasteiger partial charge in [0.2, 0.25) is 0 Å². The maximum atomic E-state index is 12.6. The molecule has 1 unspecified atom stereocenters. The van der Waals surface area contributed by atoms with Crippen LogP contribution < -0.4 is 10.6 Å². The summed E-state index contributed by atoms with van der Waals surface area (Å²) >= 11 is 1.65. The molecule has 1 atom stereocenters. The van der Waals surface area contributed by atoms with Crippen molar-refractivity contribution in [2.75, 3.05) is 19.8 Å². The van der Waals surface area contributed by atoms with Gasteiger partial charge >= 0.3 is 6.03 Å². The smallest absolute Gasteiger partial charge is 0.315 e. The fraction of sp³-hybridized carbons (Fsp3) is 0.500. The van der Waals surface area contributed by atoms with E-state index in [2.05, 4.69) is 39.9 Å². The van der Waals surface area contributed by atoms with Crippen molar-refractivity contribution in [3.8, 4) is 0 Å². The van der Waals surface area contributed by atoms with E-state index in [0.29, 0.717) is 6.54 Å². The van der Waals surface area contributed by atoms with Crippen molar-refractivity contribution < 1.29 is 9.53 Å². The minimum Gasteiger partial charge on any atom is -0.381 e. The fourth-order valence-electron chi connectivity index (χ4n) is 4.30. The van der Waals surface area contributed by atoms with Gasteiger partial charge in [0.05, 0.1) is 17.2 Å². The number of nitrogens with one attached hydrogen (secondary N) is 2. The highest BCUT2D eigenvalue weighted by Crippen LogP contribution is 2.51. The van der Waals surface area contributed by atoms with Crippen LogP contribution in [0.1, 0.15) is 40.6 Å². The molecule has 6 heteroatoms. The molecule has 2 N–H and O–H groups in total. The fourth-order valence-corrected chi connectivity index (χ4v) is 5.08. The highest BCUT2D eigenvalue weighted by Gasteiger charge is 2.47. The molecule has 1 saturated heterocycles. The molecule has 5 nitrogen and oxygen atoms in total. The normalized spacial score (nSPS) is 20.7. The number of urea groups is 1. The van der Waals surface area contributed by atoms with Gasteiger partial charge in [-0.3, -0.25) is 0 Å². The molecular weight excluding hydrogens is 346 g/mol. The standard InChI is InChI=1S/C20H25N3O2S/c1-14-17(26-13-22-14)6-9-21-19(24)23-18-16-5-3-2-4-15(16)12-20(18)7-10-25-11-8-20/h2-5,13,18H,6-12H2,1H3,(H2,21,23,24). The van der Waals surface area contributed by atoms with Crippen molar-refractivity contribution in [3.63, 3.8) is 0 Å². The highest BCUT2D eigenvalue weighted by molar-refractivity contribution is 7.09. The average molecular weight is 372 g/mol. The molecule has 0 bridgehead atoms. The molecule has 1 spiro atoms. The molecule has 2 aliphatic rings. The van der Waals surface area contributed by atoms with Gasteiger partial charge in [-0.1, -0.05) is 24.3 Å². The van der Waals surface area contributed by atoms with Gasteiger partial charge in [-0.25, -0.2) is 9.78 Å². The van der Waals surface area contributed by atoms with Gasteiger partial charge in [-0.05, 0) is 37.3 Å². The van der Waals surface area contributed by atoms with E-state index in [4.69, 9.17) is 4.74 Å². The SMILES string of the molecule is Cc1ncsc1CCNC(=O)NC1c2ccccc2CC12CCOCC2. The predicted molar refractivity (Wildman–Crippen MR) is 102 cm³/mol. The van der Waals surface area contributed by atoms with Crippen molar-refractivity contribution in [2.45, 2.75) is 38.6 Å². The number of ether oxygens (including phenoxy) is 1. The van der Waals surface area contributed by atoms with E-state index >= 15 is 0 Å². The van der Waals surface area contributed by atoms with Crippen molar-refractivity contribution >= 4 is 17.4 Å². The van der Waals surface area contributed by atoms with Crippen LogP contribution >= 0.6 is 11.3 Å². The largest absolute Gasteiger partial charge is 0.381 e. The van der Waals surface area contributed by atoms with Gasteiger partial charge < -0.3 is 15.4 Å². The van der Waals surface area contributed by atoms with Crippen LogP contribution in [0.15, 0.2) is 29.8 Å². The van der Waals surface area contributed by atoms with Gasteiger partial charge in [0, 0.05) is 36.5 Å². The topological polar surface area (TPSA) is 63.2 Å². The van der Waals surface area contributed by atoms with Gasteiger partial charge in [0.15, 0.2) is 0 Å². The molecule has 1 aliphatic heterocycles. The molecule has 1 aromatic heterocycles. The van der Waals surface area contributed by atoms with Crippen LogP contribution in [0.5, 0.6) is 0 Å². The lowest BCUT2D eigenvalue weighted by molar-refractivity contribution is 0.00215. The molecule has 138 valence electrons. The number of rotatable bonds is 4. The monoisotopic (exact) mass is 371 g/mol. The second-order valence-electron chi connectivity index (χ2n) is 7.29. The van der Waals surface area contributed by atoms with Crippen LogP contribution in [-0.2, 0) is 17.6 Å². The number of aromatic nitrogens is 1. The molecule has 0 radical (unpaired) electrons. The number of carbonyl (C=O) groups excluding carboxylic acids is 1. The number of aryl methyl sites for hydroxylation is 1. The summed E-state index contributed by atoms with van der Waals surface area (Å²) in [4.78, 5) is 18.1. The van der Waals surface area contributed by atoms with E-state index in [1.54, 1.807) is 11.3 Å². The quantitative estimate of drug-likeness (QED) is 0.866. The van der Waals surface area contributed by atoms with Gasteiger partial charge in [0.25, 0.3) is 0 Å². The van der Waals surface area contributed by atoms with Gasteiger partial charge in [-0.2, -0.15) is 0 Å². The Morgan fingerprint density at radius 2 is 2.15 bits per heavy atom. The molecule has 4 rings (SSSR count). The summed E-state index contributed by atoms with van der Waals surface area (Å²) < 4.78 is 5.59. The van der Waals surface area contributed by atoms with E-state index in [0.717, 1.165) is 44.6 Å². The second kappa shape index (κ2) is 7.37. The van der Waals surface area contributed by atoms with Crippen LogP contribution in [-0.4, -0.2) is 30.8 Å². The summed E-state index contributed by atoms with van der Waals surface area (Å²) in [6.45, 7) is 4.19. The summed E-state index contributed by atoms with van der Waals surface area (Å²) in [6, 6.07) is 8.49. The number of hydrogen-bond acceptors (Lipinski definition) is 4. The Morgan fingerprint density at radius 3 is 2.92 bits per heavy atom. The third-order valence-corrected chi connectivity index (χ3v) is 6.76. The molecule has 2 amide bonds. The number of amides is 2. The van der Waals surface area contributed by atoms with E-state index in [1.807, 2.05) is 12.4 Å². The molecule has 1 fully saturated rings. The molecule has 2 heterocycles. The van der Waals surface area contributed by atoms with Crippen molar-refractivity contribution in [1.29, 1.82) is 0 Å². The van der Waals surface area contributed by atoms with Crippen LogP contribution in [0, 0.1) is 12.3 Å². The van der Waals surface area contributed by atoms with Crippen LogP contribution in [0.2, 0.25) is 0 Å². The average Bonchev–Trinajstić information content (AvgIpc) is 3.18. The van der Waals surface area contributed by atoms with Crippen molar-refractivity contribution in [1.82, 2.24) is 15.6 Å². The Hall–Kier alpha value is -1.92. The van der Waals surface area contributed by atoms with E-state index in [1.165, 1.54) is 16.0 Å². The lowest BCUT2D eigenvalue weighted by Crippen LogP contribution is -2.46. The second-order valence-corrected chi connectivity index (χ2v) is 8.23. The lowest BCUT2D eigenvalue weighted by atomic mass is 9.74. The number of benzene rings is 1. The first kappa shape index (κ1) is 17.5. The Bertz CT molecular complexity index is 783. The van der Waals surface area contributed by atoms with Crippen molar-refractivity contribution in [2.24, 2.45) is 5.41 Å².